The Morgan fingerprint density at radius 2 is 1.82 bits per heavy atom. The van der Waals surface area contributed by atoms with Crippen LogP contribution in [0.3, 0.4) is 0 Å². The molecule has 1 amide bonds. The Balaban J connectivity index is 2.45. The zero-order chi connectivity index (χ0) is 13.0. The predicted molar refractivity (Wildman–Crippen MR) is 63.5 cm³/mol. The molecule has 1 rings (SSSR count). The van der Waals surface area contributed by atoms with Gasteiger partial charge in [0.05, 0.1) is 6.04 Å². The molecule has 1 aliphatic rings. The van der Waals surface area contributed by atoms with Gasteiger partial charge in [0.25, 0.3) is 0 Å². The molecule has 1 saturated heterocycles. The van der Waals surface area contributed by atoms with Crippen LogP contribution in [-0.2, 0) is 9.59 Å². The van der Waals surface area contributed by atoms with E-state index < -0.39 is 18.1 Å². The lowest BCUT2D eigenvalue weighted by Gasteiger charge is -2.37. The molecule has 17 heavy (non-hydrogen) atoms. The number of amides is 1. The maximum absolute atomic E-state index is 11.8. The van der Waals surface area contributed by atoms with E-state index in [4.69, 9.17) is 10.8 Å². The van der Waals surface area contributed by atoms with E-state index >= 15 is 0 Å². The second-order valence-corrected chi connectivity index (χ2v) is 4.39. The fraction of sp³-hybridized carbons (Fsp3) is 0.818. The molecule has 98 valence electrons. The SMILES string of the molecule is CC[C@H](N)C(=O)N1CCN(C(C)C(=O)O)CC1. The Morgan fingerprint density at radius 3 is 2.24 bits per heavy atom. The number of nitrogens with two attached hydrogens (primary N) is 1. The van der Waals surface area contributed by atoms with Crippen LogP contribution in [0, 0.1) is 0 Å². The van der Waals surface area contributed by atoms with E-state index in [-0.39, 0.29) is 5.91 Å². The van der Waals surface area contributed by atoms with Crippen molar-refractivity contribution in [1.82, 2.24) is 9.80 Å². The van der Waals surface area contributed by atoms with E-state index in [2.05, 4.69) is 0 Å². The number of carbonyl (C=O) groups excluding carboxylic acids is 1. The van der Waals surface area contributed by atoms with Gasteiger partial charge >= 0.3 is 5.97 Å². The Morgan fingerprint density at radius 1 is 1.29 bits per heavy atom. The van der Waals surface area contributed by atoms with Gasteiger partial charge in [0, 0.05) is 26.2 Å². The quantitative estimate of drug-likeness (QED) is 0.684. The molecular formula is C11H21N3O3. The number of hydrogen-bond donors (Lipinski definition) is 2. The molecule has 0 radical (unpaired) electrons. The molecule has 2 atom stereocenters. The second kappa shape index (κ2) is 5.97. The number of rotatable bonds is 4. The van der Waals surface area contributed by atoms with Gasteiger partial charge in [-0.25, -0.2) is 0 Å². The van der Waals surface area contributed by atoms with Gasteiger partial charge in [0.15, 0.2) is 0 Å². The highest BCUT2D eigenvalue weighted by atomic mass is 16.4. The minimum absolute atomic E-state index is 0.0323. The molecule has 1 aliphatic heterocycles. The summed E-state index contributed by atoms with van der Waals surface area (Å²) in [5.41, 5.74) is 5.69. The molecule has 0 aliphatic carbocycles. The van der Waals surface area contributed by atoms with Crippen LogP contribution < -0.4 is 5.73 Å². The van der Waals surface area contributed by atoms with Crippen LogP contribution in [0.5, 0.6) is 0 Å². The zero-order valence-corrected chi connectivity index (χ0v) is 10.4. The van der Waals surface area contributed by atoms with Gasteiger partial charge in [-0.15, -0.1) is 0 Å². The van der Waals surface area contributed by atoms with Crippen molar-refractivity contribution in [2.24, 2.45) is 5.73 Å². The summed E-state index contributed by atoms with van der Waals surface area (Å²) in [5.74, 6) is -0.856. The minimum Gasteiger partial charge on any atom is -0.480 e. The Labute approximate surface area is 101 Å². The molecule has 1 fully saturated rings. The number of aliphatic carboxylic acids is 1. The van der Waals surface area contributed by atoms with Crippen molar-refractivity contribution >= 4 is 11.9 Å². The normalized spacial score (nSPS) is 21.0. The lowest BCUT2D eigenvalue weighted by molar-refractivity contribution is -0.144. The number of carbonyl (C=O) groups is 2. The molecule has 0 bridgehead atoms. The smallest absolute Gasteiger partial charge is 0.320 e. The lowest BCUT2D eigenvalue weighted by atomic mass is 10.1. The van der Waals surface area contributed by atoms with Crippen LogP contribution >= 0.6 is 0 Å². The average molecular weight is 243 g/mol. The first-order chi connectivity index (χ1) is 7.97. The molecule has 0 aromatic heterocycles. The van der Waals surface area contributed by atoms with Gasteiger partial charge in [0.2, 0.25) is 5.91 Å². The van der Waals surface area contributed by atoms with Crippen molar-refractivity contribution < 1.29 is 14.7 Å². The monoisotopic (exact) mass is 243 g/mol. The van der Waals surface area contributed by atoms with E-state index in [1.165, 1.54) is 0 Å². The van der Waals surface area contributed by atoms with E-state index in [0.717, 1.165) is 0 Å². The van der Waals surface area contributed by atoms with Gasteiger partial charge < -0.3 is 15.7 Å². The van der Waals surface area contributed by atoms with Crippen LogP contribution in [0.4, 0.5) is 0 Å². The molecule has 0 spiro atoms. The summed E-state index contributed by atoms with van der Waals surface area (Å²) in [7, 11) is 0. The second-order valence-electron chi connectivity index (χ2n) is 4.39. The molecular weight excluding hydrogens is 222 g/mol. The molecule has 0 aromatic rings. The van der Waals surface area contributed by atoms with Crippen molar-refractivity contribution in [2.45, 2.75) is 32.4 Å². The number of nitrogens with zero attached hydrogens (tertiary/aromatic N) is 2. The van der Waals surface area contributed by atoms with Crippen LogP contribution in [0.15, 0.2) is 0 Å². The van der Waals surface area contributed by atoms with E-state index in [1.54, 1.807) is 11.8 Å². The largest absolute Gasteiger partial charge is 0.480 e. The Kier molecular flexibility index (Phi) is 4.89. The lowest BCUT2D eigenvalue weighted by Crippen LogP contribution is -2.55. The van der Waals surface area contributed by atoms with Crippen molar-refractivity contribution in [3.8, 4) is 0 Å². The highest BCUT2D eigenvalue weighted by molar-refractivity contribution is 5.81. The first-order valence-electron chi connectivity index (χ1n) is 5.98. The molecule has 6 heteroatoms. The highest BCUT2D eigenvalue weighted by Gasteiger charge is 2.28. The molecule has 6 nitrogen and oxygen atoms in total. The molecule has 3 N–H and O–H groups in total. The summed E-state index contributed by atoms with van der Waals surface area (Å²) in [6.45, 7) is 5.85. The van der Waals surface area contributed by atoms with Crippen molar-refractivity contribution in [2.75, 3.05) is 26.2 Å². The Bertz CT molecular complexity index is 288. The fourth-order valence-electron chi connectivity index (χ4n) is 1.89. The predicted octanol–water partition coefficient (Wildman–Crippen LogP) is -0.659. The Hall–Kier alpha value is -1.14. The number of carboxylic acid groups (broad SMARTS) is 1. The van der Waals surface area contributed by atoms with Crippen LogP contribution in [-0.4, -0.2) is 65.0 Å². The van der Waals surface area contributed by atoms with Crippen molar-refractivity contribution in [3.05, 3.63) is 0 Å². The van der Waals surface area contributed by atoms with E-state index in [1.807, 2.05) is 11.8 Å². The van der Waals surface area contributed by atoms with Crippen molar-refractivity contribution in [1.29, 1.82) is 0 Å². The average Bonchev–Trinajstić information content (AvgIpc) is 2.36. The van der Waals surface area contributed by atoms with E-state index in [9.17, 15) is 9.59 Å². The standard InChI is InChI=1S/C11H21N3O3/c1-3-9(12)10(15)14-6-4-13(5-7-14)8(2)11(16)17/h8-9H,3-7,12H2,1-2H3,(H,16,17)/t8?,9-/m0/s1. The van der Waals surface area contributed by atoms with Crippen LogP contribution in [0.2, 0.25) is 0 Å². The third-order valence-corrected chi connectivity index (χ3v) is 3.29. The first kappa shape index (κ1) is 13.9. The van der Waals surface area contributed by atoms with Gasteiger partial charge in [-0.1, -0.05) is 6.92 Å². The van der Waals surface area contributed by atoms with E-state index in [0.29, 0.717) is 32.6 Å². The summed E-state index contributed by atoms with van der Waals surface area (Å²) in [5, 5.41) is 8.89. The number of hydrogen-bond acceptors (Lipinski definition) is 4. The first-order valence-corrected chi connectivity index (χ1v) is 5.98. The summed E-state index contributed by atoms with van der Waals surface area (Å²) in [6, 6.07) is -0.925. The molecule has 1 unspecified atom stereocenters. The third-order valence-electron chi connectivity index (χ3n) is 3.29. The third kappa shape index (κ3) is 3.41. The van der Waals surface area contributed by atoms with Gasteiger partial charge in [-0.3, -0.25) is 14.5 Å². The van der Waals surface area contributed by atoms with Gasteiger partial charge in [0.1, 0.15) is 6.04 Å². The summed E-state index contributed by atoms with van der Waals surface area (Å²) >= 11 is 0. The minimum atomic E-state index is -0.824. The van der Waals surface area contributed by atoms with Gasteiger partial charge in [-0.2, -0.15) is 0 Å². The highest BCUT2D eigenvalue weighted by Crippen LogP contribution is 2.08. The molecule has 1 heterocycles. The van der Waals surface area contributed by atoms with Crippen LogP contribution in [0.1, 0.15) is 20.3 Å². The number of piperazine rings is 1. The summed E-state index contributed by atoms with van der Waals surface area (Å²) in [6.07, 6.45) is 0.630. The molecule has 0 aromatic carbocycles. The fourth-order valence-corrected chi connectivity index (χ4v) is 1.89. The zero-order valence-electron chi connectivity index (χ0n) is 10.4. The number of carboxylic acids is 1. The maximum Gasteiger partial charge on any atom is 0.320 e. The summed E-state index contributed by atoms with van der Waals surface area (Å²) in [4.78, 5) is 26.2. The van der Waals surface area contributed by atoms with Crippen molar-refractivity contribution in [3.63, 3.8) is 0 Å². The van der Waals surface area contributed by atoms with Gasteiger partial charge in [-0.05, 0) is 13.3 Å². The topological polar surface area (TPSA) is 86.9 Å². The maximum atomic E-state index is 11.8. The van der Waals surface area contributed by atoms with Crippen LogP contribution in [0.25, 0.3) is 0 Å². The summed E-state index contributed by atoms with van der Waals surface area (Å²) < 4.78 is 0. The molecule has 0 saturated carbocycles.